The maximum Gasteiger partial charge on any atom is 0.402 e. The summed E-state index contributed by atoms with van der Waals surface area (Å²) in [5, 5.41) is 0. The highest BCUT2D eigenvalue weighted by molar-refractivity contribution is 6.21. The number of amides is 3. The van der Waals surface area contributed by atoms with Crippen molar-refractivity contribution in [3.63, 3.8) is 0 Å². The molecular formula is C18H26N5O4+. The molecular weight excluding hydrogens is 350 g/mol. The van der Waals surface area contributed by atoms with E-state index in [2.05, 4.69) is 4.99 Å². The first-order chi connectivity index (χ1) is 12.7. The molecule has 0 bridgehead atoms. The number of likely N-dealkylation sites (N-methyl/N-ethyl adjacent to an activating group) is 1. The summed E-state index contributed by atoms with van der Waals surface area (Å²) in [6.07, 6.45) is 0.810. The number of hydrogen-bond acceptors (Lipinski definition) is 5. The molecule has 0 spiro atoms. The molecule has 0 aliphatic carbocycles. The predicted molar refractivity (Wildman–Crippen MR) is 96.9 cm³/mol. The summed E-state index contributed by atoms with van der Waals surface area (Å²) in [5.74, 6) is 0.390. The lowest BCUT2D eigenvalue weighted by Crippen LogP contribution is -2.61. The van der Waals surface area contributed by atoms with E-state index in [4.69, 9.17) is 4.74 Å². The molecule has 2 aliphatic heterocycles. The normalized spacial score (nSPS) is 19.9. The van der Waals surface area contributed by atoms with Gasteiger partial charge in [0, 0.05) is 27.2 Å². The number of methoxy groups -OCH3 is 1. The summed E-state index contributed by atoms with van der Waals surface area (Å²) in [5.41, 5.74) is 1.93. The highest BCUT2D eigenvalue weighted by Gasteiger charge is 2.55. The number of nitrogens with zero attached hydrogens (tertiary/aromatic N) is 5. The molecule has 1 fully saturated rings. The van der Waals surface area contributed by atoms with Crippen LogP contribution >= 0.6 is 0 Å². The van der Waals surface area contributed by atoms with Crippen LogP contribution in [0.25, 0.3) is 0 Å². The molecule has 0 N–H and O–H groups in total. The summed E-state index contributed by atoms with van der Waals surface area (Å²) in [4.78, 5) is 44.8. The van der Waals surface area contributed by atoms with Gasteiger partial charge in [-0.25, -0.2) is 18.8 Å². The molecule has 9 heteroatoms. The largest absolute Gasteiger partial charge is 0.402 e. The smallest absolute Gasteiger partial charge is 0.385 e. The first-order valence-electron chi connectivity index (χ1n) is 9.02. The van der Waals surface area contributed by atoms with E-state index in [1.54, 1.807) is 21.1 Å². The number of urea groups is 1. The van der Waals surface area contributed by atoms with Gasteiger partial charge in [-0.15, -0.1) is 0 Å². The number of imidazole rings is 1. The van der Waals surface area contributed by atoms with Gasteiger partial charge in [0.25, 0.3) is 5.91 Å². The fraction of sp³-hybridized carbons (Fsp3) is 0.611. The average Bonchev–Trinajstić information content (AvgIpc) is 3.11. The van der Waals surface area contributed by atoms with Crippen LogP contribution in [0, 0.1) is 13.8 Å². The van der Waals surface area contributed by atoms with Crippen molar-refractivity contribution < 1.29 is 23.7 Å². The minimum Gasteiger partial charge on any atom is -0.385 e. The molecule has 0 saturated carbocycles. The van der Waals surface area contributed by atoms with Crippen LogP contribution in [0.2, 0.25) is 0 Å². The fourth-order valence-corrected chi connectivity index (χ4v) is 3.64. The van der Waals surface area contributed by atoms with Gasteiger partial charge in [0.1, 0.15) is 11.4 Å². The zero-order chi connectivity index (χ0) is 20.0. The third kappa shape index (κ3) is 2.77. The van der Waals surface area contributed by atoms with Crippen molar-refractivity contribution in [1.29, 1.82) is 0 Å². The lowest BCUT2D eigenvalue weighted by Gasteiger charge is -2.35. The van der Waals surface area contributed by atoms with Gasteiger partial charge in [-0.3, -0.25) is 14.5 Å². The molecule has 2 aliphatic rings. The van der Waals surface area contributed by atoms with Gasteiger partial charge < -0.3 is 4.74 Å². The van der Waals surface area contributed by atoms with Crippen molar-refractivity contribution >= 4 is 29.5 Å². The SMILES string of the molecule is COCCC[n+]1c(C)c(C)n2c1N=C1C2C(=O)N(C(C)C(C)=O)C(=O)N1C. The first-order valence-corrected chi connectivity index (χ1v) is 9.02. The molecule has 1 aromatic rings. The number of amidine groups is 1. The zero-order valence-electron chi connectivity index (χ0n) is 16.6. The quantitative estimate of drug-likeness (QED) is 0.545. The van der Waals surface area contributed by atoms with Crippen molar-refractivity contribution in [3.05, 3.63) is 11.4 Å². The van der Waals surface area contributed by atoms with Crippen LogP contribution < -0.4 is 4.57 Å². The Bertz CT molecular complexity index is 856. The van der Waals surface area contributed by atoms with Crippen LogP contribution in [-0.4, -0.2) is 64.7 Å². The number of carbonyl (C=O) groups is 3. The van der Waals surface area contributed by atoms with Gasteiger partial charge in [-0.2, -0.15) is 0 Å². The molecule has 3 heterocycles. The van der Waals surface area contributed by atoms with E-state index in [1.165, 1.54) is 11.8 Å². The number of rotatable bonds is 6. The second kappa shape index (κ2) is 6.88. The number of ketones is 1. The maximum atomic E-state index is 13.2. The van der Waals surface area contributed by atoms with E-state index in [-0.39, 0.29) is 5.78 Å². The van der Waals surface area contributed by atoms with Crippen LogP contribution in [0.1, 0.15) is 37.7 Å². The molecule has 27 heavy (non-hydrogen) atoms. The molecule has 2 unspecified atom stereocenters. The number of fused-ring (bicyclic) bond motifs is 3. The van der Waals surface area contributed by atoms with Crippen LogP contribution in [0.15, 0.2) is 4.99 Å². The molecule has 1 saturated heterocycles. The molecule has 1 aromatic heterocycles. The van der Waals surface area contributed by atoms with Crippen LogP contribution in [0.4, 0.5) is 10.7 Å². The number of aromatic nitrogens is 2. The second-order valence-corrected chi connectivity index (χ2v) is 7.05. The molecule has 0 radical (unpaired) electrons. The monoisotopic (exact) mass is 376 g/mol. The Kier molecular flexibility index (Phi) is 4.90. The summed E-state index contributed by atoms with van der Waals surface area (Å²) in [6.45, 7) is 8.20. The third-order valence-corrected chi connectivity index (χ3v) is 5.48. The van der Waals surface area contributed by atoms with E-state index in [1.807, 2.05) is 23.0 Å². The second-order valence-electron chi connectivity index (χ2n) is 7.05. The molecule has 146 valence electrons. The minimum atomic E-state index is -0.816. The number of Topliss-reactive ketones (excluding diaryl/α,β-unsaturated/α-hetero) is 1. The Balaban J connectivity index is 2.07. The lowest BCUT2D eigenvalue weighted by molar-refractivity contribution is -0.689. The molecule has 3 rings (SSSR count). The van der Waals surface area contributed by atoms with Crippen molar-refractivity contribution in [2.45, 2.75) is 52.7 Å². The van der Waals surface area contributed by atoms with Crippen molar-refractivity contribution in [2.24, 2.45) is 4.99 Å². The molecule has 0 aromatic carbocycles. The highest BCUT2D eigenvalue weighted by Crippen LogP contribution is 2.35. The fourth-order valence-electron chi connectivity index (χ4n) is 3.64. The lowest BCUT2D eigenvalue weighted by atomic mass is 10.1. The molecule has 3 amide bonds. The van der Waals surface area contributed by atoms with E-state index >= 15 is 0 Å². The Labute approximate surface area is 158 Å². The Hall–Kier alpha value is -2.55. The Morgan fingerprint density at radius 1 is 1.33 bits per heavy atom. The average molecular weight is 376 g/mol. The molecule has 9 nitrogen and oxygen atoms in total. The number of aliphatic imine (C=N–C) groups is 1. The molecule has 2 atom stereocenters. The van der Waals surface area contributed by atoms with Gasteiger partial charge in [0.2, 0.25) is 11.9 Å². The Morgan fingerprint density at radius 3 is 2.59 bits per heavy atom. The van der Waals surface area contributed by atoms with Gasteiger partial charge >= 0.3 is 12.0 Å². The summed E-state index contributed by atoms with van der Waals surface area (Å²) in [6, 6.07) is -2.07. The van der Waals surface area contributed by atoms with E-state index in [9.17, 15) is 14.4 Å². The standard InChI is InChI=1S/C18H26N5O4/c1-10-11(2)22-14-15(19-17(22)21(10)8-7-9-27-6)20(5)18(26)23(16(14)25)12(3)13(4)24/h12,14H,7-9H2,1-6H3/q+1. The van der Waals surface area contributed by atoms with Crippen LogP contribution in [0.3, 0.4) is 0 Å². The number of imide groups is 1. The summed E-state index contributed by atoms with van der Waals surface area (Å²) >= 11 is 0. The van der Waals surface area contributed by atoms with Gasteiger partial charge in [0.05, 0.1) is 12.6 Å². The van der Waals surface area contributed by atoms with Crippen molar-refractivity contribution in [2.75, 3.05) is 20.8 Å². The number of ether oxygens (including phenoxy) is 1. The third-order valence-electron chi connectivity index (χ3n) is 5.48. The van der Waals surface area contributed by atoms with Crippen molar-refractivity contribution in [1.82, 2.24) is 14.4 Å². The number of hydrogen-bond donors (Lipinski definition) is 0. The summed E-state index contributed by atoms with van der Waals surface area (Å²) < 4.78 is 9.04. The number of carbonyl (C=O) groups excluding carboxylic acids is 3. The Morgan fingerprint density at radius 2 is 2.00 bits per heavy atom. The van der Waals surface area contributed by atoms with E-state index in [0.29, 0.717) is 24.9 Å². The predicted octanol–water partition coefficient (Wildman–Crippen LogP) is 0.885. The van der Waals surface area contributed by atoms with Crippen LogP contribution in [0.5, 0.6) is 0 Å². The van der Waals surface area contributed by atoms with Gasteiger partial charge in [-0.05, 0) is 27.7 Å². The maximum absolute atomic E-state index is 13.2. The van der Waals surface area contributed by atoms with Crippen molar-refractivity contribution in [3.8, 4) is 0 Å². The van der Waals surface area contributed by atoms with Gasteiger partial charge in [0.15, 0.2) is 5.78 Å². The zero-order valence-corrected chi connectivity index (χ0v) is 16.6. The minimum absolute atomic E-state index is 0.237. The topological polar surface area (TPSA) is 88.1 Å². The van der Waals surface area contributed by atoms with Gasteiger partial charge in [-0.1, -0.05) is 4.99 Å². The van der Waals surface area contributed by atoms with E-state index < -0.39 is 24.0 Å². The van der Waals surface area contributed by atoms with Crippen LogP contribution in [-0.2, 0) is 20.9 Å². The summed E-state index contributed by atoms with van der Waals surface area (Å²) in [7, 11) is 3.25. The van der Waals surface area contributed by atoms with E-state index in [0.717, 1.165) is 22.7 Å². The first kappa shape index (κ1) is 19.2. The highest BCUT2D eigenvalue weighted by atomic mass is 16.5.